The molecule has 448 valence electrons. The minimum Gasteiger partial charge on any atom is -0.497 e. The maximum absolute atomic E-state index is 15.0. The zero-order valence-corrected chi connectivity index (χ0v) is 54.5. The van der Waals surface area contributed by atoms with Crippen LogP contribution in [0.3, 0.4) is 0 Å². The molecular formula is C62H81ClN2O15Si3. The van der Waals surface area contributed by atoms with E-state index >= 15 is 4.79 Å². The number of methoxy groups -OCH3 is 3. The molecule has 4 aromatic rings. The van der Waals surface area contributed by atoms with Gasteiger partial charge >= 0.3 is 5.97 Å². The van der Waals surface area contributed by atoms with Crippen molar-refractivity contribution in [1.82, 2.24) is 10.3 Å². The third-order valence-electron chi connectivity index (χ3n) is 13.9. The van der Waals surface area contributed by atoms with Gasteiger partial charge in [0.25, 0.3) is 5.91 Å². The van der Waals surface area contributed by atoms with Crippen LogP contribution in [0, 0.1) is 24.2 Å². The van der Waals surface area contributed by atoms with Crippen molar-refractivity contribution in [1.29, 1.82) is 0 Å². The number of terminal acetylenes is 1. The first-order valence-corrected chi connectivity index (χ1v) is 37.5. The summed E-state index contributed by atoms with van der Waals surface area (Å²) in [7, 11) is -3.62. The summed E-state index contributed by atoms with van der Waals surface area (Å²) in [6.07, 6.45) is 6.04. The number of amides is 1. The predicted octanol–water partition coefficient (Wildman–Crippen LogP) is 11.7. The van der Waals surface area contributed by atoms with E-state index in [-0.39, 0.29) is 71.1 Å². The third kappa shape index (κ3) is 16.2. The highest BCUT2D eigenvalue weighted by Crippen LogP contribution is 2.48. The number of carbonyl (C=O) groups excluding carboxylic acids is 3. The Morgan fingerprint density at radius 3 is 2.22 bits per heavy atom. The number of benzene rings is 3. The average molecular weight is 1210 g/mol. The Hall–Kier alpha value is -6.18. The van der Waals surface area contributed by atoms with Crippen molar-refractivity contribution in [3.05, 3.63) is 101 Å². The average Bonchev–Trinajstić information content (AvgIpc) is 2.25. The molecule has 0 saturated heterocycles. The first-order valence-electron chi connectivity index (χ1n) is 27.4. The molecule has 1 aromatic heterocycles. The second-order valence-electron chi connectivity index (χ2n) is 24.0. The Morgan fingerprint density at radius 2 is 1.64 bits per heavy atom. The minimum atomic E-state index is -2.79. The maximum Gasteiger partial charge on any atom is 0.308 e. The number of aldehydes is 1. The van der Waals surface area contributed by atoms with Gasteiger partial charge in [-0.1, -0.05) is 69.0 Å². The van der Waals surface area contributed by atoms with Crippen LogP contribution in [-0.4, -0.2) is 125 Å². The van der Waals surface area contributed by atoms with E-state index in [9.17, 15) is 9.59 Å². The molecular weight excluding hydrogens is 1130 g/mol. The van der Waals surface area contributed by atoms with Crippen LogP contribution in [0.25, 0.3) is 10.8 Å². The van der Waals surface area contributed by atoms with E-state index in [0.717, 1.165) is 11.8 Å². The summed E-state index contributed by atoms with van der Waals surface area (Å²) in [5.41, 5.74) is -2.24. The van der Waals surface area contributed by atoms with Crippen molar-refractivity contribution in [2.24, 2.45) is 0 Å². The molecule has 3 aromatic carbocycles. The number of hydrogen-bond acceptors (Lipinski definition) is 16. The lowest BCUT2D eigenvalue weighted by atomic mass is 9.90. The molecule has 0 spiro atoms. The molecule has 3 heterocycles. The lowest BCUT2D eigenvalue weighted by Gasteiger charge is -2.45. The Morgan fingerprint density at radius 1 is 0.964 bits per heavy atom. The smallest absolute Gasteiger partial charge is 0.308 e. The first kappa shape index (κ1) is 66.0. The molecule has 3 aliphatic rings. The SMILES string of the molecule is C#CC[C@@]1(O[Si](C)(C)C)C#CC2=C[C@H](Oc3ccc(nc3Cl)[C@H](NC(=O)c3cc4c(OC)c(OC)c(OC(C)C)cc4cc3OCC=C)CC(=O)OC[C@H]1OCOCc1ccc(OC)cc1)[C@@H](O[Si](C)(C)C(C)(C)C)[C@@]2(C=O)O[Si](C)(C)C. The van der Waals surface area contributed by atoms with Crippen LogP contribution in [0.1, 0.15) is 75.1 Å². The van der Waals surface area contributed by atoms with Crippen LogP contribution in [0.5, 0.6) is 34.5 Å². The van der Waals surface area contributed by atoms with E-state index in [2.05, 4.69) is 63.5 Å². The molecule has 0 unspecified atom stereocenters. The molecule has 4 bridgehead atoms. The highest BCUT2D eigenvalue weighted by molar-refractivity contribution is 6.74. The second-order valence-corrected chi connectivity index (χ2v) is 38.0. The largest absolute Gasteiger partial charge is 0.497 e. The lowest BCUT2D eigenvalue weighted by Crippen LogP contribution is -2.60. The molecule has 1 aliphatic carbocycles. The minimum absolute atomic E-state index is 0.0449. The number of aromatic nitrogens is 1. The summed E-state index contributed by atoms with van der Waals surface area (Å²) in [6, 6.07) is 14.4. The summed E-state index contributed by atoms with van der Waals surface area (Å²) in [6.45, 7) is 29.2. The third-order valence-corrected chi connectivity index (χ3v) is 20.6. The highest BCUT2D eigenvalue weighted by Gasteiger charge is 2.58. The van der Waals surface area contributed by atoms with Crippen molar-refractivity contribution < 1.29 is 70.3 Å². The fraction of sp³-hybridized carbons (Fsp3) is 0.484. The number of ether oxygens (including phenoxy) is 9. The van der Waals surface area contributed by atoms with Crippen molar-refractivity contribution in [3.63, 3.8) is 0 Å². The molecule has 0 radical (unpaired) electrons. The summed E-state index contributed by atoms with van der Waals surface area (Å²) in [5, 5.41) is 3.67. The molecule has 7 rings (SSSR count). The first-order chi connectivity index (χ1) is 39.0. The van der Waals surface area contributed by atoms with Gasteiger partial charge in [0.15, 0.2) is 64.8 Å². The monoisotopic (exact) mass is 1210 g/mol. The number of fused-ring (bicyclic) bond motifs is 10. The van der Waals surface area contributed by atoms with Gasteiger partial charge in [-0.2, -0.15) is 0 Å². The van der Waals surface area contributed by atoms with Gasteiger partial charge in [0.2, 0.25) is 5.75 Å². The van der Waals surface area contributed by atoms with Gasteiger partial charge in [0.1, 0.15) is 49.8 Å². The molecule has 2 aliphatic heterocycles. The van der Waals surface area contributed by atoms with Crippen LogP contribution in [-0.2, 0) is 43.7 Å². The van der Waals surface area contributed by atoms with Crippen LogP contribution in [0.15, 0.2) is 78.9 Å². The van der Waals surface area contributed by atoms with Crippen LogP contribution in [0.2, 0.25) is 62.6 Å². The fourth-order valence-electron chi connectivity index (χ4n) is 9.26. The van der Waals surface area contributed by atoms with Crippen LogP contribution >= 0.6 is 11.6 Å². The molecule has 1 N–H and O–H groups in total. The number of carbonyl (C=O) groups is 3. The van der Waals surface area contributed by atoms with Crippen molar-refractivity contribution >= 4 is 65.5 Å². The number of hydrogen-bond donors (Lipinski definition) is 1. The number of rotatable bonds is 23. The van der Waals surface area contributed by atoms with E-state index in [1.54, 1.807) is 49.6 Å². The van der Waals surface area contributed by atoms with Gasteiger partial charge in [0.05, 0.1) is 64.2 Å². The zero-order valence-electron chi connectivity index (χ0n) is 50.8. The second kappa shape index (κ2) is 27.2. The highest BCUT2D eigenvalue weighted by atomic mass is 35.5. The number of pyridine rings is 1. The Bertz CT molecular complexity index is 3130. The standard InChI is InChI=1S/C62H81ClN2O15Si3/c1-19-28-61(79-81(11,12)13)29-27-43-33-52(57(78-83(17,18)60(5,6)7)62(43,38-66)80-82(14,15)16)77-49-26-25-47(64-58(49)63)48(35-54(67)74-37-53(61)75-39-72-36-41-21-23-44(69-8)24-22-41)65-59(68)46-34-45-42(31-50(46)73-30-20-2)32-51(76-40(3)4)56(71-10)55(45)70-9/h1,20-26,31-34,38,40,48,52-53,57H,2,28,30,35-37,39H2,3-18H3,(H,65,68)/t48-,52+,53-,57-,61-,62+/m1/s1. The summed E-state index contributed by atoms with van der Waals surface area (Å²) >= 11 is 7.12. The molecule has 1 amide bonds. The van der Waals surface area contributed by atoms with E-state index in [4.69, 9.17) is 78.9 Å². The quantitative estimate of drug-likeness (QED) is 0.0108. The molecule has 83 heavy (non-hydrogen) atoms. The summed E-state index contributed by atoms with van der Waals surface area (Å²) in [5.74, 6) is 10.00. The number of nitrogens with one attached hydrogen (secondary N) is 1. The van der Waals surface area contributed by atoms with Crippen molar-refractivity contribution in [3.8, 4) is 58.7 Å². The summed E-state index contributed by atoms with van der Waals surface area (Å²) in [4.78, 5) is 48.7. The molecule has 21 heteroatoms. The molecule has 17 nitrogen and oxygen atoms in total. The van der Waals surface area contributed by atoms with Gasteiger partial charge in [-0.05, 0) is 131 Å². The molecule has 0 fully saturated rings. The van der Waals surface area contributed by atoms with Crippen molar-refractivity contribution in [2.75, 3.05) is 41.3 Å². The Labute approximate surface area is 497 Å². The van der Waals surface area contributed by atoms with E-state index in [1.165, 1.54) is 14.2 Å². The van der Waals surface area contributed by atoms with Crippen LogP contribution in [0.4, 0.5) is 0 Å². The van der Waals surface area contributed by atoms with Gasteiger partial charge in [-0.3, -0.25) is 14.4 Å². The molecule has 0 saturated carbocycles. The maximum atomic E-state index is 15.0. The Kier molecular flexibility index (Phi) is 21.7. The normalized spacial score (nSPS) is 21.3. The van der Waals surface area contributed by atoms with Gasteiger partial charge in [-0.25, -0.2) is 4.98 Å². The topological polar surface area (TPSA) is 187 Å². The van der Waals surface area contributed by atoms with E-state index < -0.39 is 85.4 Å². The predicted molar refractivity (Wildman–Crippen MR) is 327 cm³/mol. The number of halogens is 1. The number of esters is 1. The summed E-state index contributed by atoms with van der Waals surface area (Å²) < 4.78 is 76.4. The van der Waals surface area contributed by atoms with Gasteiger partial charge < -0.3 is 61.2 Å². The van der Waals surface area contributed by atoms with Crippen molar-refractivity contribution in [2.45, 2.75) is 153 Å². The van der Waals surface area contributed by atoms with Gasteiger partial charge in [-0.15, -0.1) is 12.3 Å². The molecule has 6 atom stereocenters. The fourth-order valence-corrected chi connectivity index (χ4v) is 13.4. The Balaban J connectivity index is 1.56. The lowest BCUT2D eigenvalue weighted by molar-refractivity contribution is -0.172. The zero-order chi connectivity index (χ0) is 61.3. The number of nitrogens with zero attached hydrogens (tertiary/aromatic N) is 1. The van der Waals surface area contributed by atoms with E-state index in [1.807, 2.05) is 77.4 Å². The van der Waals surface area contributed by atoms with E-state index in [0.29, 0.717) is 33.8 Å². The van der Waals surface area contributed by atoms with Crippen LogP contribution < -0.4 is 33.7 Å². The van der Waals surface area contributed by atoms with Gasteiger partial charge in [0, 0.05) is 11.0 Å².